The zero-order valence-corrected chi connectivity index (χ0v) is 7.99. The molecule has 13 heavy (non-hydrogen) atoms. The first kappa shape index (κ1) is 9.98. The maximum atomic E-state index is 12.0. The quantitative estimate of drug-likeness (QED) is 0.759. The highest BCUT2D eigenvalue weighted by atomic mass is 32.1. The molecule has 0 saturated heterocycles. The van der Waals surface area contributed by atoms with E-state index in [9.17, 15) is 9.18 Å². The zero-order chi connectivity index (χ0) is 9.84. The molecule has 3 nitrogen and oxygen atoms in total. The fourth-order valence-electron chi connectivity index (χ4n) is 0.944. The average molecular weight is 203 g/mol. The Morgan fingerprint density at radius 2 is 2.46 bits per heavy atom. The van der Waals surface area contributed by atoms with Crippen molar-refractivity contribution < 1.29 is 13.9 Å². The van der Waals surface area contributed by atoms with Gasteiger partial charge in [-0.1, -0.05) is 0 Å². The number of esters is 1. The number of anilines is 1. The van der Waals surface area contributed by atoms with E-state index >= 15 is 0 Å². The van der Waals surface area contributed by atoms with Crippen molar-refractivity contribution in [1.82, 2.24) is 0 Å². The number of ether oxygens (including phenoxy) is 1. The molecule has 1 rings (SSSR count). The number of thiophene rings is 1. The number of carbonyl (C=O) groups excluding carboxylic acids is 1. The van der Waals surface area contributed by atoms with Gasteiger partial charge >= 0.3 is 5.97 Å². The highest BCUT2D eigenvalue weighted by Crippen LogP contribution is 2.25. The van der Waals surface area contributed by atoms with Crippen molar-refractivity contribution in [3.8, 4) is 0 Å². The van der Waals surface area contributed by atoms with Crippen molar-refractivity contribution in [1.29, 1.82) is 0 Å². The van der Waals surface area contributed by atoms with Crippen molar-refractivity contribution in [3.63, 3.8) is 0 Å². The molecule has 0 aliphatic heterocycles. The number of carbonyl (C=O) groups is 1. The van der Waals surface area contributed by atoms with Crippen molar-refractivity contribution in [2.24, 2.45) is 0 Å². The second kappa shape index (κ2) is 4.23. The smallest absolute Gasteiger partial charge is 0.340 e. The minimum Gasteiger partial charge on any atom is -0.465 e. The van der Waals surface area contributed by atoms with Gasteiger partial charge in [-0.3, -0.25) is 4.39 Å². The molecule has 0 unspecified atom stereocenters. The van der Waals surface area contributed by atoms with Crippen molar-refractivity contribution in [3.05, 3.63) is 16.5 Å². The van der Waals surface area contributed by atoms with E-state index < -0.39 is 12.6 Å². The summed E-state index contributed by atoms with van der Waals surface area (Å²) in [6.45, 7) is -0.444. The normalized spacial score (nSPS) is 10.0. The molecule has 72 valence electrons. The van der Waals surface area contributed by atoms with Gasteiger partial charge in [0.2, 0.25) is 0 Å². The van der Waals surface area contributed by atoms with Gasteiger partial charge in [-0.15, -0.1) is 11.3 Å². The molecular formula is C8H10FNO2S. The fourth-order valence-corrected chi connectivity index (χ4v) is 1.83. The maximum absolute atomic E-state index is 12.0. The van der Waals surface area contributed by atoms with Crippen LogP contribution in [0.4, 0.5) is 9.39 Å². The number of methoxy groups -OCH3 is 1. The lowest BCUT2D eigenvalue weighted by atomic mass is 10.2. The minimum absolute atomic E-state index is 0.297. The first-order valence-corrected chi connectivity index (χ1v) is 4.53. The molecule has 1 aromatic rings. The number of rotatable bonds is 3. The molecule has 0 bridgehead atoms. The topological polar surface area (TPSA) is 52.3 Å². The molecule has 0 spiro atoms. The third-order valence-electron chi connectivity index (χ3n) is 1.56. The van der Waals surface area contributed by atoms with Crippen LogP contribution in [0.15, 0.2) is 6.07 Å². The molecule has 0 fully saturated rings. The maximum Gasteiger partial charge on any atom is 0.340 e. The number of hydrogen-bond acceptors (Lipinski definition) is 4. The lowest BCUT2D eigenvalue weighted by molar-refractivity contribution is 0.0602. The van der Waals surface area contributed by atoms with Crippen LogP contribution in [-0.2, 0) is 11.2 Å². The number of nitrogens with two attached hydrogens (primary N) is 1. The molecule has 0 radical (unpaired) electrons. The van der Waals surface area contributed by atoms with Crippen molar-refractivity contribution in [2.75, 3.05) is 19.5 Å². The second-order valence-electron chi connectivity index (χ2n) is 2.42. The predicted octanol–water partition coefficient (Wildman–Crippen LogP) is 1.63. The van der Waals surface area contributed by atoms with Gasteiger partial charge in [0.05, 0.1) is 19.3 Å². The molecule has 0 aliphatic carbocycles. The van der Waals surface area contributed by atoms with E-state index in [0.717, 1.165) is 4.88 Å². The van der Waals surface area contributed by atoms with Gasteiger partial charge in [-0.2, -0.15) is 0 Å². The molecule has 0 aromatic carbocycles. The van der Waals surface area contributed by atoms with Crippen LogP contribution in [0.2, 0.25) is 0 Å². The van der Waals surface area contributed by atoms with E-state index in [0.29, 0.717) is 17.0 Å². The summed E-state index contributed by atoms with van der Waals surface area (Å²) in [6, 6.07) is 1.57. The summed E-state index contributed by atoms with van der Waals surface area (Å²) in [6.07, 6.45) is 0.297. The summed E-state index contributed by atoms with van der Waals surface area (Å²) in [4.78, 5) is 11.8. The highest BCUT2D eigenvalue weighted by molar-refractivity contribution is 7.16. The third kappa shape index (κ3) is 2.18. The van der Waals surface area contributed by atoms with E-state index in [1.165, 1.54) is 18.4 Å². The summed E-state index contributed by atoms with van der Waals surface area (Å²) < 4.78 is 16.5. The minimum atomic E-state index is -0.473. The van der Waals surface area contributed by atoms with Crippen LogP contribution in [0.5, 0.6) is 0 Å². The van der Waals surface area contributed by atoms with E-state index in [4.69, 9.17) is 5.73 Å². The number of hydrogen-bond donors (Lipinski definition) is 1. The summed E-state index contributed by atoms with van der Waals surface area (Å²) in [5.74, 6) is -0.473. The fraction of sp³-hybridized carbons (Fsp3) is 0.375. The number of aryl methyl sites for hydroxylation is 1. The number of halogens is 1. The van der Waals surface area contributed by atoms with Gasteiger partial charge in [0, 0.05) is 11.3 Å². The third-order valence-corrected chi connectivity index (χ3v) is 2.58. The average Bonchev–Trinajstić information content (AvgIpc) is 2.46. The van der Waals surface area contributed by atoms with Gasteiger partial charge in [0.25, 0.3) is 0 Å². The van der Waals surface area contributed by atoms with Crippen LogP contribution in [-0.4, -0.2) is 19.8 Å². The van der Waals surface area contributed by atoms with E-state index in [1.807, 2.05) is 0 Å². The molecule has 0 aliphatic rings. The van der Waals surface area contributed by atoms with Crippen LogP contribution in [0.25, 0.3) is 0 Å². The molecule has 0 saturated carbocycles. The summed E-state index contributed by atoms with van der Waals surface area (Å²) in [7, 11) is 1.29. The molecule has 0 amide bonds. The Bertz CT molecular complexity index is 311. The van der Waals surface area contributed by atoms with Gasteiger partial charge in [-0.05, 0) is 6.07 Å². The lowest BCUT2D eigenvalue weighted by Gasteiger charge is -1.94. The molecule has 1 heterocycles. The van der Waals surface area contributed by atoms with Crippen molar-refractivity contribution >= 4 is 22.3 Å². The summed E-state index contributed by atoms with van der Waals surface area (Å²) in [5, 5.41) is 0.385. The second-order valence-corrected chi connectivity index (χ2v) is 3.59. The Hall–Kier alpha value is -1.10. The zero-order valence-electron chi connectivity index (χ0n) is 7.17. The van der Waals surface area contributed by atoms with Gasteiger partial charge < -0.3 is 10.5 Å². The predicted molar refractivity (Wildman–Crippen MR) is 49.7 cm³/mol. The largest absolute Gasteiger partial charge is 0.465 e. The van der Waals surface area contributed by atoms with Crippen LogP contribution in [0.3, 0.4) is 0 Å². The molecule has 2 N–H and O–H groups in total. The van der Waals surface area contributed by atoms with Gasteiger partial charge in [0.15, 0.2) is 0 Å². The molecule has 0 atom stereocenters. The first-order valence-electron chi connectivity index (χ1n) is 3.71. The van der Waals surface area contributed by atoms with Crippen LogP contribution in [0, 0.1) is 0 Å². The Kier molecular flexibility index (Phi) is 3.25. The molecule has 5 heteroatoms. The SMILES string of the molecule is COC(=O)c1cc(CCF)sc1N. The van der Waals surface area contributed by atoms with Crippen LogP contribution in [0.1, 0.15) is 15.2 Å². The lowest BCUT2D eigenvalue weighted by Crippen LogP contribution is -2.02. The van der Waals surface area contributed by atoms with Crippen LogP contribution >= 0.6 is 11.3 Å². The van der Waals surface area contributed by atoms with Crippen molar-refractivity contribution in [2.45, 2.75) is 6.42 Å². The summed E-state index contributed by atoms with van der Waals surface area (Å²) >= 11 is 1.22. The Morgan fingerprint density at radius 3 is 3.00 bits per heavy atom. The van der Waals surface area contributed by atoms with Gasteiger partial charge in [0.1, 0.15) is 5.00 Å². The van der Waals surface area contributed by atoms with Crippen LogP contribution < -0.4 is 5.73 Å². The standard InChI is InChI=1S/C8H10FNO2S/c1-12-8(11)6-4-5(2-3-9)13-7(6)10/h4H,2-3,10H2,1H3. The molecule has 1 aromatic heterocycles. The first-order chi connectivity index (χ1) is 6.19. The number of alkyl halides is 1. The van der Waals surface area contributed by atoms with E-state index in [2.05, 4.69) is 4.74 Å². The van der Waals surface area contributed by atoms with Gasteiger partial charge in [-0.25, -0.2) is 4.79 Å². The Labute approximate surface area is 79.3 Å². The number of nitrogen functional groups attached to an aromatic ring is 1. The van der Waals surface area contributed by atoms with E-state index in [1.54, 1.807) is 6.07 Å². The Balaban J connectivity index is 2.89. The molecular weight excluding hydrogens is 193 g/mol. The Morgan fingerprint density at radius 1 is 1.77 bits per heavy atom. The summed E-state index contributed by atoms with van der Waals surface area (Å²) in [5.41, 5.74) is 5.87. The van der Waals surface area contributed by atoms with E-state index in [-0.39, 0.29) is 0 Å². The monoisotopic (exact) mass is 203 g/mol. The highest BCUT2D eigenvalue weighted by Gasteiger charge is 2.13.